The predicted molar refractivity (Wildman–Crippen MR) is 112 cm³/mol. The highest BCUT2D eigenvalue weighted by Crippen LogP contribution is 2.40. The van der Waals surface area contributed by atoms with Crippen molar-refractivity contribution in [3.63, 3.8) is 0 Å². The Hall–Kier alpha value is -3.66. The molecule has 4 rings (SSSR count). The molecule has 1 atom stereocenters. The quantitative estimate of drug-likeness (QED) is 0.621. The van der Waals surface area contributed by atoms with Crippen LogP contribution in [0.3, 0.4) is 0 Å². The van der Waals surface area contributed by atoms with E-state index in [9.17, 15) is 9.59 Å². The number of nitrogens with zero attached hydrogens (tertiary/aromatic N) is 1. The van der Waals surface area contributed by atoms with E-state index in [-0.39, 0.29) is 5.91 Å². The molecule has 1 unspecified atom stereocenters. The van der Waals surface area contributed by atoms with Crippen LogP contribution in [0.4, 0.5) is 0 Å². The monoisotopic (exact) mass is 383 g/mol. The Labute approximate surface area is 170 Å². The molecule has 0 saturated heterocycles. The van der Waals surface area contributed by atoms with Gasteiger partial charge in [0.15, 0.2) is 6.04 Å². The number of esters is 1. The van der Waals surface area contributed by atoms with Gasteiger partial charge in [0.05, 0.1) is 12.7 Å². The van der Waals surface area contributed by atoms with Crippen LogP contribution in [0.15, 0.2) is 91.0 Å². The molecule has 1 aliphatic heterocycles. The lowest BCUT2D eigenvalue weighted by atomic mass is 9.93. The van der Waals surface area contributed by atoms with Crippen molar-refractivity contribution < 1.29 is 14.3 Å². The molecule has 0 aromatic heterocycles. The number of hydrogen-bond acceptors (Lipinski definition) is 3. The maximum Gasteiger partial charge on any atom is 0.333 e. The first-order valence-electron chi connectivity index (χ1n) is 9.48. The summed E-state index contributed by atoms with van der Waals surface area (Å²) in [5.41, 5.74) is 3.82. The first-order chi connectivity index (χ1) is 14.2. The fourth-order valence-electron chi connectivity index (χ4n) is 3.77. The molecule has 29 heavy (non-hydrogen) atoms. The van der Waals surface area contributed by atoms with Crippen molar-refractivity contribution in [1.82, 2.24) is 4.90 Å². The van der Waals surface area contributed by atoms with Gasteiger partial charge in [0.1, 0.15) is 0 Å². The van der Waals surface area contributed by atoms with Gasteiger partial charge in [-0.1, -0.05) is 91.0 Å². The summed E-state index contributed by atoms with van der Waals surface area (Å²) in [5.74, 6) is -0.617. The van der Waals surface area contributed by atoms with Crippen molar-refractivity contribution in [3.05, 3.63) is 108 Å². The van der Waals surface area contributed by atoms with Crippen molar-refractivity contribution in [1.29, 1.82) is 0 Å². The number of carbonyl (C=O) groups excluding carboxylic acids is 2. The molecule has 0 saturated carbocycles. The van der Waals surface area contributed by atoms with Crippen molar-refractivity contribution in [2.24, 2.45) is 0 Å². The Morgan fingerprint density at radius 2 is 1.34 bits per heavy atom. The average molecular weight is 383 g/mol. The number of carbonyl (C=O) groups is 2. The molecule has 0 spiro atoms. The third-order valence-corrected chi connectivity index (χ3v) is 5.10. The molecule has 1 amide bonds. The fraction of sp³-hybridized carbons (Fsp3) is 0.120. The van der Waals surface area contributed by atoms with Gasteiger partial charge < -0.3 is 9.64 Å². The molecular formula is C25H21NO3. The Morgan fingerprint density at radius 3 is 1.90 bits per heavy atom. The van der Waals surface area contributed by atoms with E-state index in [1.165, 1.54) is 7.11 Å². The maximum atomic E-state index is 13.6. The van der Waals surface area contributed by atoms with E-state index >= 15 is 0 Å². The normalized spacial score (nSPS) is 16.2. The summed E-state index contributed by atoms with van der Waals surface area (Å²) in [4.78, 5) is 28.1. The molecule has 1 aliphatic rings. The number of hydrogen-bond donors (Lipinski definition) is 0. The van der Waals surface area contributed by atoms with E-state index < -0.39 is 12.0 Å². The summed E-state index contributed by atoms with van der Waals surface area (Å²) in [5, 5.41) is 0. The van der Waals surface area contributed by atoms with E-state index in [2.05, 4.69) is 0 Å². The summed E-state index contributed by atoms with van der Waals surface area (Å²) >= 11 is 0. The molecule has 4 nitrogen and oxygen atoms in total. The SMILES string of the molecule is COC(=O)C1C(c2ccccc2)=C(c2ccccc2)C(=O)N1Cc1ccccc1. The molecule has 4 heteroatoms. The summed E-state index contributed by atoms with van der Waals surface area (Å²) in [6.07, 6.45) is 0. The van der Waals surface area contributed by atoms with E-state index in [1.54, 1.807) is 4.90 Å². The molecule has 144 valence electrons. The third kappa shape index (κ3) is 3.57. The lowest BCUT2D eigenvalue weighted by molar-refractivity contribution is -0.148. The van der Waals surface area contributed by atoms with Crippen LogP contribution in [0.5, 0.6) is 0 Å². The molecule has 0 radical (unpaired) electrons. The van der Waals surface area contributed by atoms with Gasteiger partial charge in [-0.3, -0.25) is 4.79 Å². The van der Waals surface area contributed by atoms with Crippen molar-refractivity contribution in [2.45, 2.75) is 12.6 Å². The second-order valence-corrected chi connectivity index (χ2v) is 6.87. The number of rotatable bonds is 5. The number of amides is 1. The topological polar surface area (TPSA) is 46.6 Å². The molecule has 3 aromatic rings. The van der Waals surface area contributed by atoms with Gasteiger partial charge in [-0.2, -0.15) is 0 Å². The average Bonchev–Trinajstić information content (AvgIpc) is 3.07. The summed E-state index contributed by atoms with van der Waals surface area (Å²) < 4.78 is 5.12. The van der Waals surface area contributed by atoms with Gasteiger partial charge in [-0.25, -0.2) is 4.79 Å². The van der Waals surface area contributed by atoms with Gasteiger partial charge in [-0.05, 0) is 16.7 Å². The largest absolute Gasteiger partial charge is 0.467 e. The van der Waals surface area contributed by atoms with Gasteiger partial charge in [-0.15, -0.1) is 0 Å². The minimum absolute atomic E-state index is 0.172. The summed E-state index contributed by atoms with van der Waals surface area (Å²) in [6.45, 7) is 0.326. The van der Waals surface area contributed by atoms with Crippen LogP contribution in [-0.4, -0.2) is 29.9 Å². The van der Waals surface area contributed by atoms with Gasteiger partial charge in [0, 0.05) is 12.1 Å². The van der Waals surface area contributed by atoms with Crippen molar-refractivity contribution in [3.8, 4) is 0 Å². The van der Waals surface area contributed by atoms with Crippen LogP contribution in [0.25, 0.3) is 11.1 Å². The number of methoxy groups -OCH3 is 1. The molecular weight excluding hydrogens is 362 g/mol. The smallest absolute Gasteiger partial charge is 0.333 e. The number of ether oxygens (including phenoxy) is 1. The fourth-order valence-corrected chi connectivity index (χ4v) is 3.77. The molecule has 0 N–H and O–H groups in total. The zero-order valence-electron chi connectivity index (χ0n) is 16.1. The Bertz CT molecular complexity index is 1040. The second-order valence-electron chi connectivity index (χ2n) is 6.87. The highest BCUT2D eigenvalue weighted by atomic mass is 16.5. The van der Waals surface area contributed by atoms with Crippen LogP contribution < -0.4 is 0 Å². The first kappa shape index (κ1) is 18.7. The van der Waals surface area contributed by atoms with Gasteiger partial charge >= 0.3 is 5.97 Å². The molecule has 0 aliphatic carbocycles. The summed E-state index contributed by atoms with van der Waals surface area (Å²) in [6, 6.07) is 27.9. The highest BCUT2D eigenvalue weighted by Gasteiger charge is 2.44. The van der Waals surface area contributed by atoms with Crippen LogP contribution >= 0.6 is 0 Å². The van der Waals surface area contributed by atoms with Crippen LogP contribution in [0.1, 0.15) is 16.7 Å². The number of benzene rings is 3. The first-order valence-corrected chi connectivity index (χ1v) is 9.48. The highest BCUT2D eigenvalue weighted by molar-refractivity contribution is 6.33. The summed E-state index contributed by atoms with van der Waals surface area (Å²) in [7, 11) is 1.36. The zero-order valence-corrected chi connectivity index (χ0v) is 16.1. The minimum Gasteiger partial charge on any atom is -0.467 e. The van der Waals surface area contributed by atoms with Gasteiger partial charge in [0.2, 0.25) is 0 Å². The van der Waals surface area contributed by atoms with Crippen molar-refractivity contribution >= 4 is 23.0 Å². The van der Waals surface area contributed by atoms with E-state index in [0.29, 0.717) is 17.7 Å². The standard InChI is InChI=1S/C25H21NO3/c1-29-25(28)23-21(19-13-7-3-8-14-19)22(20-15-9-4-10-16-20)24(27)26(23)17-18-11-5-2-6-12-18/h2-16,23H,17H2,1H3. The van der Waals surface area contributed by atoms with E-state index in [1.807, 2.05) is 91.0 Å². The van der Waals surface area contributed by atoms with Crippen LogP contribution in [-0.2, 0) is 20.9 Å². The van der Waals surface area contributed by atoms with E-state index in [0.717, 1.165) is 16.7 Å². The molecule has 3 aromatic carbocycles. The van der Waals surface area contributed by atoms with E-state index in [4.69, 9.17) is 4.74 Å². The van der Waals surface area contributed by atoms with Gasteiger partial charge in [0.25, 0.3) is 5.91 Å². The lowest BCUT2D eigenvalue weighted by Gasteiger charge is -2.25. The molecule has 0 bridgehead atoms. The third-order valence-electron chi connectivity index (χ3n) is 5.10. The lowest BCUT2D eigenvalue weighted by Crippen LogP contribution is -2.41. The zero-order chi connectivity index (χ0) is 20.2. The minimum atomic E-state index is -0.801. The van der Waals surface area contributed by atoms with Crippen LogP contribution in [0, 0.1) is 0 Å². The van der Waals surface area contributed by atoms with Crippen molar-refractivity contribution in [2.75, 3.05) is 7.11 Å². The van der Waals surface area contributed by atoms with Crippen LogP contribution in [0.2, 0.25) is 0 Å². The Morgan fingerprint density at radius 1 is 0.828 bits per heavy atom. The maximum absolute atomic E-state index is 13.6. The predicted octanol–water partition coefficient (Wildman–Crippen LogP) is 4.18. The Kier molecular flexibility index (Phi) is 5.25. The second kappa shape index (κ2) is 8.15. The molecule has 0 fully saturated rings. The Balaban J connectivity index is 1.89. The molecule has 1 heterocycles.